The number of benzene rings is 2. The van der Waals surface area contributed by atoms with Crippen LogP contribution in [0.1, 0.15) is 34.0 Å². The first kappa shape index (κ1) is 24.6. The predicted molar refractivity (Wildman–Crippen MR) is 140 cm³/mol. The minimum atomic E-state index is -0.119. The number of nitrogens with one attached hydrogen (secondary N) is 1. The Labute approximate surface area is 211 Å². The van der Waals surface area contributed by atoms with Gasteiger partial charge in [0.15, 0.2) is 0 Å². The van der Waals surface area contributed by atoms with Gasteiger partial charge in [-0.2, -0.15) is 0 Å². The number of rotatable bonds is 7. The lowest BCUT2D eigenvalue weighted by atomic mass is 10.2. The molecule has 1 aromatic heterocycles. The summed E-state index contributed by atoms with van der Waals surface area (Å²) in [6.45, 7) is 11.2. The monoisotopic (exact) mass is 499 g/mol. The number of halogens is 2. The molecule has 1 aliphatic rings. The predicted octanol–water partition coefficient (Wildman–Crippen LogP) is 5.05. The molecule has 4 rings (SSSR count). The average Bonchev–Trinajstić information content (AvgIpc) is 3.13. The Hall–Kier alpha value is -2.54. The number of hydrogen-bond acceptors (Lipinski definition) is 4. The lowest BCUT2D eigenvalue weighted by molar-refractivity contribution is 0.0946. The lowest BCUT2D eigenvalue weighted by Gasteiger charge is -2.36. The van der Waals surface area contributed by atoms with Gasteiger partial charge in [0.2, 0.25) is 0 Å². The molecule has 0 saturated carbocycles. The van der Waals surface area contributed by atoms with Crippen LogP contribution in [0.4, 0.5) is 5.69 Å². The molecule has 34 heavy (non-hydrogen) atoms. The van der Waals surface area contributed by atoms with E-state index >= 15 is 0 Å². The maximum absolute atomic E-state index is 12.8. The van der Waals surface area contributed by atoms with Crippen LogP contribution in [0.5, 0.6) is 0 Å². The van der Waals surface area contributed by atoms with Gasteiger partial charge >= 0.3 is 0 Å². The minimum Gasteiger partial charge on any atom is -0.368 e. The second-order valence-corrected chi connectivity index (χ2v) is 9.56. The highest BCUT2D eigenvalue weighted by atomic mass is 35.5. The molecule has 0 spiro atoms. The van der Waals surface area contributed by atoms with Crippen molar-refractivity contribution in [2.75, 3.05) is 44.2 Å². The number of hydrogen-bond donors (Lipinski definition) is 1. The van der Waals surface area contributed by atoms with Crippen LogP contribution in [0.25, 0.3) is 5.69 Å². The Morgan fingerprint density at radius 1 is 1.00 bits per heavy atom. The molecule has 0 aliphatic carbocycles. The van der Waals surface area contributed by atoms with Gasteiger partial charge in [-0.05, 0) is 58.0 Å². The molecular formula is C26H31Cl2N5O. The molecule has 0 atom stereocenters. The van der Waals surface area contributed by atoms with E-state index < -0.39 is 0 Å². The summed E-state index contributed by atoms with van der Waals surface area (Å²) in [6.07, 6.45) is 0.889. The summed E-state index contributed by atoms with van der Waals surface area (Å²) in [4.78, 5) is 22.0. The van der Waals surface area contributed by atoms with Crippen molar-refractivity contribution < 1.29 is 4.79 Å². The number of imidazole rings is 1. The van der Waals surface area contributed by atoms with Gasteiger partial charge in [-0.25, -0.2) is 4.98 Å². The maximum atomic E-state index is 12.8. The molecule has 1 N–H and O–H groups in total. The van der Waals surface area contributed by atoms with Crippen LogP contribution in [0, 0.1) is 20.8 Å². The van der Waals surface area contributed by atoms with Gasteiger partial charge in [0, 0.05) is 38.4 Å². The molecule has 2 aromatic carbocycles. The molecule has 1 aliphatic heterocycles. The van der Waals surface area contributed by atoms with Gasteiger partial charge in [0.25, 0.3) is 5.91 Å². The third kappa shape index (κ3) is 5.40. The Balaban J connectivity index is 1.25. The first-order chi connectivity index (χ1) is 16.3. The highest BCUT2D eigenvalue weighted by molar-refractivity contribution is 6.43. The normalized spacial score (nSPS) is 14.4. The second-order valence-electron chi connectivity index (χ2n) is 8.78. The van der Waals surface area contributed by atoms with Gasteiger partial charge < -0.3 is 14.8 Å². The van der Waals surface area contributed by atoms with E-state index in [1.807, 2.05) is 36.6 Å². The lowest BCUT2D eigenvalue weighted by Crippen LogP contribution is -2.47. The average molecular weight is 500 g/mol. The zero-order chi connectivity index (χ0) is 24.2. The number of nitrogens with zero attached hydrogens (tertiary/aromatic N) is 4. The standard InChI is InChI=1S/C26H31Cl2N5O/c1-18-8-10-21(11-9-18)33-19(2)25(30-20(33)3)26(34)29-12-5-13-31-14-16-32(17-15-31)23-7-4-6-22(27)24(23)28/h4,6-11H,5,12-17H2,1-3H3,(H,29,34). The molecule has 1 saturated heterocycles. The molecular weight excluding hydrogens is 469 g/mol. The van der Waals surface area contributed by atoms with Crippen LogP contribution in [-0.4, -0.2) is 59.6 Å². The Morgan fingerprint density at radius 3 is 2.41 bits per heavy atom. The fourth-order valence-corrected chi connectivity index (χ4v) is 4.88. The van der Waals surface area contributed by atoms with Crippen molar-refractivity contribution in [2.24, 2.45) is 0 Å². The Kier molecular flexibility index (Phi) is 7.81. The van der Waals surface area contributed by atoms with Crippen molar-refractivity contribution in [3.8, 4) is 5.69 Å². The molecule has 180 valence electrons. The third-order valence-electron chi connectivity index (χ3n) is 6.36. The molecule has 8 heteroatoms. The number of carbonyl (C=O) groups is 1. The highest BCUT2D eigenvalue weighted by Gasteiger charge is 2.21. The summed E-state index contributed by atoms with van der Waals surface area (Å²) >= 11 is 12.5. The fraction of sp³-hybridized carbons (Fsp3) is 0.385. The van der Waals surface area contributed by atoms with E-state index in [1.165, 1.54) is 5.56 Å². The minimum absolute atomic E-state index is 0.119. The molecule has 0 unspecified atom stereocenters. The van der Waals surface area contributed by atoms with Gasteiger partial charge in [-0.3, -0.25) is 9.69 Å². The molecule has 3 aromatic rings. The largest absolute Gasteiger partial charge is 0.368 e. The van der Waals surface area contributed by atoms with Crippen molar-refractivity contribution in [1.29, 1.82) is 0 Å². The SMILES string of the molecule is Cc1ccc(-n2c(C)nc(C(=O)NCCCN3CCN(c4cccc(Cl)c4Cl)CC3)c2C)cc1. The summed E-state index contributed by atoms with van der Waals surface area (Å²) in [5.74, 6) is 0.691. The molecule has 1 amide bonds. The summed E-state index contributed by atoms with van der Waals surface area (Å²) in [5, 5.41) is 4.26. The quantitative estimate of drug-likeness (QED) is 0.462. The van der Waals surface area contributed by atoms with E-state index in [0.717, 1.165) is 62.0 Å². The number of aryl methyl sites for hydroxylation is 2. The van der Waals surface area contributed by atoms with E-state index in [9.17, 15) is 4.79 Å². The molecule has 2 heterocycles. The van der Waals surface area contributed by atoms with Crippen LogP contribution in [0.2, 0.25) is 10.0 Å². The Bertz CT molecular complexity index is 1150. The number of anilines is 1. The van der Waals surface area contributed by atoms with Gasteiger partial charge in [0.05, 0.1) is 21.4 Å². The topological polar surface area (TPSA) is 53.4 Å². The van der Waals surface area contributed by atoms with Crippen molar-refractivity contribution in [2.45, 2.75) is 27.2 Å². The van der Waals surface area contributed by atoms with Gasteiger partial charge in [0.1, 0.15) is 11.5 Å². The fourth-order valence-electron chi connectivity index (χ4n) is 4.47. The molecule has 6 nitrogen and oxygen atoms in total. The van der Waals surface area contributed by atoms with Gasteiger partial charge in [-0.1, -0.05) is 47.0 Å². The molecule has 1 fully saturated rings. The van der Waals surface area contributed by atoms with E-state index in [0.29, 0.717) is 22.3 Å². The van der Waals surface area contributed by atoms with Crippen molar-refractivity contribution >= 4 is 34.8 Å². The van der Waals surface area contributed by atoms with E-state index in [-0.39, 0.29) is 5.91 Å². The summed E-state index contributed by atoms with van der Waals surface area (Å²) in [7, 11) is 0. The molecule has 0 radical (unpaired) electrons. The maximum Gasteiger partial charge on any atom is 0.271 e. The Morgan fingerprint density at radius 2 is 1.71 bits per heavy atom. The second kappa shape index (κ2) is 10.8. The van der Waals surface area contributed by atoms with Crippen LogP contribution in [0.3, 0.4) is 0 Å². The first-order valence-electron chi connectivity index (χ1n) is 11.7. The number of carbonyl (C=O) groups excluding carboxylic acids is 1. The van der Waals surface area contributed by atoms with Crippen molar-refractivity contribution in [3.05, 3.63) is 75.3 Å². The number of amides is 1. The van der Waals surface area contributed by atoms with E-state index in [1.54, 1.807) is 0 Å². The van der Waals surface area contributed by atoms with E-state index in [4.69, 9.17) is 23.2 Å². The number of aromatic nitrogens is 2. The molecule has 0 bridgehead atoms. The van der Waals surface area contributed by atoms with Crippen LogP contribution < -0.4 is 10.2 Å². The number of piperazine rings is 1. The van der Waals surface area contributed by atoms with E-state index in [2.05, 4.69) is 51.3 Å². The first-order valence-corrected chi connectivity index (χ1v) is 12.4. The van der Waals surface area contributed by atoms with Crippen molar-refractivity contribution in [1.82, 2.24) is 19.8 Å². The highest BCUT2D eigenvalue weighted by Crippen LogP contribution is 2.32. The van der Waals surface area contributed by atoms with Crippen LogP contribution in [-0.2, 0) is 0 Å². The smallest absolute Gasteiger partial charge is 0.271 e. The summed E-state index contributed by atoms with van der Waals surface area (Å²) < 4.78 is 2.03. The van der Waals surface area contributed by atoms with Crippen LogP contribution >= 0.6 is 23.2 Å². The van der Waals surface area contributed by atoms with Crippen molar-refractivity contribution in [3.63, 3.8) is 0 Å². The zero-order valence-electron chi connectivity index (χ0n) is 19.9. The third-order valence-corrected chi connectivity index (χ3v) is 7.17. The zero-order valence-corrected chi connectivity index (χ0v) is 21.5. The summed E-state index contributed by atoms with van der Waals surface area (Å²) in [6, 6.07) is 14.0. The summed E-state index contributed by atoms with van der Waals surface area (Å²) in [5.41, 5.74) is 4.56. The van der Waals surface area contributed by atoms with Crippen LogP contribution in [0.15, 0.2) is 42.5 Å². The van der Waals surface area contributed by atoms with Gasteiger partial charge in [-0.15, -0.1) is 0 Å².